The monoisotopic (exact) mass is 381 g/mol. The highest BCUT2D eigenvalue weighted by Crippen LogP contribution is 2.25. The molecule has 0 spiro atoms. The van der Waals surface area contributed by atoms with Crippen molar-refractivity contribution >= 4 is 44.0 Å². The van der Waals surface area contributed by atoms with E-state index in [1.54, 1.807) is 18.2 Å². The van der Waals surface area contributed by atoms with Crippen LogP contribution in [0.25, 0.3) is 0 Å². The van der Waals surface area contributed by atoms with Gasteiger partial charge in [0.05, 0.1) is 4.90 Å². The first-order valence-corrected chi connectivity index (χ1v) is 10.1. The van der Waals surface area contributed by atoms with E-state index >= 15 is 0 Å². The van der Waals surface area contributed by atoms with E-state index in [0.29, 0.717) is 9.47 Å². The second kappa shape index (κ2) is 6.75. The van der Waals surface area contributed by atoms with Crippen molar-refractivity contribution in [2.75, 3.05) is 11.6 Å². The van der Waals surface area contributed by atoms with Gasteiger partial charge in [-0.05, 0) is 30.5 Å². The van der Waals surface area contributed by atoms with Gasteiger partial charge in [-0.3, -0.25) is 10.1 Å². The summed E-state index contributed by atoms with van der Waals surface area (Å²) in [5.41, 5.74) is 0. The molecule has 1 N–H and O–H groups in total. The van der Waals surface area contributed by atoms with Crippen LogP contribution < -0.4 is 5.32 Å². The van der Waals surface area contributed by atoms with E-state index in [1.807, 2.05) is 6.26 Å². The molecule has 0 radical (unpaired) electrons. The number of amides is 1. The Kier molecular flexibility index (Phi) is 4.69. The van der Waals surface area contributed by atoms with Gasteiger partial charge in [0.1, 0.15) is 0 Å². The number of furan rings is 1. The molecule has 0 saturated carbocycles. The minimum Gasteiger partial charge on any atom is -0.439 e. The van der Waals surface area contributed by atoms with Crippen molar-refractivity contribution in [2.45, 2.75) is 14.3 Å². The lowest BCUT2D eigenvalue weighted by Crippen LogP contribution is -2.10. The summed E-state index contributed by atoms with van der Waals surface area (Å²) in [7, 11) is -3.80. The van der Waals surface area contributed by atoms with E-state index in [4.69, 9.17) is 4.42 Å². The van der Waals surface area contributed by atoms with Crippen LogP contribution in [0.1, 0.15) is 10.6 Å². The maximum Gasteiger partial charge on any atom is 0.293 e. The standard InChI is InChI=1S/C14H11N3O4S3/c1-22-14-17-16-13(23-14)15-12(18)10-7-8-11(21-10)24(19,20)9-5-3-2-4-6-9/h2-8H,1H3,(H,15,16,18). The molecule has 2 aromatic heterocycles. The predicted molar refractivity (Wildman–Crippen MR) is 90.2 cm³/mol. The van der Waals surface area contributed by atoms with Crippen molar-refractivity contribution in [1.82, 2.24) is 10.2 Å². The molecule has 10 heteroatoms. The van der Waals surface area contributed by atoms with E-state index < -0.39 is 15.7 Å². The molecule has 24 heavy (non-hydrogen) atoms. The summed E-state index contributed by atoms with van der Waals surface area (Å²) < 4.78 is 30.8. The third kappa shape index (κ3) is 3.35. The van der Waals surface area contributed by atoms with Crippen LogP contribution >= 0.6 is 23.1 Å². The molecule has 0 atom stereocenters. The summed E-state index contributed by atoms with van der Waals surface area (Å²) in [4.78, 5) is 12.2. The Morgan fingerprint density at radius 2 is 1.92 bits per heavy atom. The third-order valence-electron chi connectivity index (χ3n) is 2.93. The first kappa shape index (κ1) is 16.7. The third-order valence-corrected chi connectivity index (χ3v) is 6.38. The predicted octanol–water partition coefficient (Wildman–Crippen LogP) is 2.94. The molecule has 0 bridgehead atoms. The summed E-state index contributed by atoms with van der Waals surface area (Å²) >= 11 is 2.62. The first-order chi connectivity index (χ1) is 11.5. The average molecular weight is 381 g/mol. The Morgan fingerprint density at radius 3 is 2.58 bits per heavy atom. The number of nitrogens with one attached hydrogen (secondary N) is 1. The van der Waals surface area contributed by atoms with Crippen molar-refractivity contribution in [3.05, 3.63) is 48.2 Å². The number of nitrogens with zero attached hydrogens (tertiary/aromatic N) is 2. The Labute approximate surface area is 146 Å². The van der Waals surface area contributed by atoms with Gasteiger partial charge in [0.2, 0.25) is 20.1 Å². The fourth-order valence-corrected chi connectivity index (χ4v) is 4.16. The second-order valence-electron chi connectivity index (χ2n) is 4.47. The number of thioether (sulfide) groups is 1. The summed E-state index contributed by atoms with van der Waals surface area (Å²) in [6, 6.07) is 10.4. The van der Waals surface area contributed by atoms with E-state index in [2.05, 4.69) is 15.5 Å². The van der Waals surface area contributed by atoms with Crippen LogP contribution in [0.3, 0.4) is 0 Å². The molecule has 1 aromatic carbocycles. The quantitative estimate of drug-likeness (QED) is 0.535. The van der Waals surface area contributed by atoms with E-state index in [0.717, 1.165) is 0 Å². The van der Waals surface area contributed by atoms with Crippen LogP contribution in [0.5, 0.6) is 0 Å². The summed E-state index contributed by atoms with van der Waals surface area (Å²) in [6.45, 7) is 0. The number of hydrogen-bond donors (Lipinski definition) is 1. The Hall–Kier alpha value is -2.17. The molecular formula is C14H11N3O4S3. The van der Waals surface area contributed by atoms with Crippen LogP contribution in [-0.2, 0) is 9.84 Å². The number of benzene rings is 1. The molecule has 0 fully saturated rings. The van der Waals surface area contributed by atoms with E-state index in [-0.39, 0.29) is 15.7 Å². The van der Waals surface area contributed by atoms with E-state index in [9.17, 15) is 13.2 Å². The Bertz CT molecular complexity index is 964. The van der Waals surface area contributed by atoms with Crippen molar-refractivity contribution in [3.63, 3.8) is 0 Å². The SMILES string of the molecule is CSc1nnc(NC(=O)c2ccc(S(=O)(=O)c3ccccc3)o2)s1. The number of hydrogen-bond acceptors (Lipinski definition) is 8. The van der Waals surface area contributed by atoms with Crippen molar-refractivity contribution in [1.29, 1.82) is 0 Å². The van der Waals surface area contributed by atoms with Crippen molar-refractivity contribution in [3.8, 4) is 0 Å². The van der Waals surface area contributed by atoms with Gasteiger partial charge in [-0.25, -0.2) is 8.42 Å². The number of carbonyl (C=O) groups is 1. The van der Waals surface area contributed by atoms with Gasteiger partial charge in [0.25, 0.3) is 5.91 Å². The minimum absolute atomic E-state index is 0.0973. The largest absolute Gasteiger partial charge is 0.439 e. The zero-order chi connectivity index (χ0) is 17.2. The second-order valence-corrected chi connectivity index (χ2v) is 8.38. The molecule has 0 aliphatic heterocycles. The molecule has 0 unspecified atom stereocenters. The Balaban J connectivity index is 1.81. The molecule has 3 rings (SSSR count). The van der Waals surface area contributed by atoms with Gasteiger partial charge in [0.15, 0.2) is 10.1 Å². The van der Waals surface area contributed by atoms with Gasteiger partial charge in [-0.15, -0.1) is 10.2 Å². The maximum absolute atomic E-state index is 12.4. The lowest BCUT2D eigenvalue weighted by atomic mass is 10.4. The molecule has 124 valence electrons. The molecular weight excluding hydrogens is 370 g/mol. The summed E-state index contributed by atoms with van der Waals surface area (Å²) in [5.74, 6) is -0.710. The molecule has 1 amide bonds. The number of sulfone groups is 1. The highest BCUT2D eigenvalue weighted by Gasteiger charge is 2.23. The smallest absolute Gasteiger partial charge is 0.293 e. The Morgan fingerprint density at radius 1 is 1.17 bits per heavy atom. The molecule has 7 nitrogen and oxygen atoms in total. The highest BCUT2D eigenvalue weighted by molar-refractivity contribution is 8.00. The lowest BCUT2D eigenvalue weighted by Gasteiger charge is -2.00. The van der Waals surface area contributed by atoms with E-state index in [1.165, 1.54) is 47.4 Å². The average Bonchev–Trinajstić information content (AvgIpc) is 3.25. The number of rotatable bonds is 5. The highest BCUT2D eigenvalue weighted by atomic mass is 32.2. The molecule has 0 saturated heterocycles. The van der Waals surface area contributed by atoms with Crippen LogP contribution in [0.2, 0.25) is 0 Å². The molecule has 3 aromatic rings. The lowest BCUT2D eigenvalue weighted by molar-refractivity contribution is 0.0991. The molecule has 0 aliphatic carbocycles. The van der Waals surface area contributed by atoms with Gasteiger partial charge in [-0.2, -0.15) is 0 Å². The maximum atomic E-state index is 12.4. The minimum atomic E-state index is -3.80. The van der Waals surface area contributed by atoms with Crippen LogP contribution in [0.15, 0.2) is 61.2 Å². The summed E-state index contributed by atoms with van der Waals surface area (Å²) in [6.07, 6.45) is 1.85. The van der Waals surface area contributed by atoms with Crippen molar-refractivity contribution in [2.24, 2.45) is 0 Å². The fraction of sp³-hybridized carbons (Fsp3) is 0.0714. The first-order valence-electron chi connectivity index (χ1n) is 6.59. The topological polar surface area (TPSA) is 102 Å². The van der Waals surface area contributed by atoms with Gasteiger partial charge < -0.3 is 4.42 Å². The number of carbonyl (C=O) groups excluding carboxylic acids is 1. The van der Waals surface area contributed by atoms with Gasteiger partial charge >= 0.3 is 0 Å². The van der Waals surface area contributed by atoms with Crippen LogP contribution in [0, 0.1) is 0 Å². The molecule has 0 aliphatic rings. The van der Waals surface area contributed by atoms with Gasteiger partial charge in [-0.1, -0.05) is 41.3 Å². The van der Waals surface area contributed by atoms with Crippen molar-refractivity contribution < 1.29 is 17.6 Å². The summed E-state index contributed by atoms with van der Waals surface area (Å²) in [5, 5.41) is 10.2. The zero-order valence-corrected chi connectivity index (χ0v) is 14.7. The molecule has 2 heterocycles. The van der Waals surface area contributed by atoms with Crippen LogP contribution in [0.4, 0.5) is 5.13 Å². The van der Waals surface area contributed by atoms with Gasteiger partial charge in [0, 0.05) is 0 Å². The normalized spacial score (nSPS) is 11.4. The zero-order valence-electron chi connectivity index (χ0n) is 12.3. The fourth-order valence-electron chi connectivity index (χ4n) is 1.80. The number of aromatic nitrogens is 2. The number of anilines is 1. The van der Waals surface area contributed by atoms with Crippen LogP contribution in [-0.4, -0.2) is 30.8 Å².